The molecular weight excluding hydrogens is 1120 g/mol. The zero-order chi connectivity index (χ0) is 52.5. The molecule has 0 saturated carbocycles. The Labute approximate surface area is 463 Å². The Morgan fingerprint density at radius 2 is 0.486 bits per heavy atom. The van der Waals surface area contributed by atoms with Crippen LogP contribution in [0.15, 0.2) is 48.5 Å². The van der Waals surface area contributed by atoms with E-state index >= 15 is 0 Å². The van der Waals surface area contributed by atoms with Crippen LogP contribution in [0.4, 0.5) is 0 Å². The molecule has 0 saturated heterocycles. The quantitative estimate of drug-likeness (QED) is 0.0530. The van der Waals surface area contributed by atoms with Crippen molar-refractivity contribution in [2.24, 2.45) is 0 Å². The molecule has 0 spiro atoms. The van der Waals surface area contributed by atoms with Crippen molar-refractivity contribution < 1.29 is 106 Å². The molecule has 4 aromatic rings. The molecule has 0 aliphatic heterocycles. The van der Waals surface area contributed by atoms with E-state index < -0.39 is 0 Å². The summed E-state index contributed by atoms with van der Waals surface area (Å²) in [5.41, 5.74) is 60.9. The van der Waals surface area contributed by atoms with E-state index in [0.29, 0.717) is 49.2 Å². The minimum absolute atomic E-state index is 0. The first-order valence-electron chi connectivity index (χ1n) is 20.2. The molecule has 0 heterocycles. The molecule has 0 N–H and O–H groups in total. The van der Waals surface area contributed by atoms with Crippen LogP contribution >= 0.6 is 0 Å². The maximum atomic E-state index is 12.4. The summed E-state index contributed by atoms with van der Waals surface area (Å²) in [4.78, 5) is 14.4. The van der Waals surface area contributed by atoms with Crippen LogP contribution < -0.4 is 39.4 Å². The molecule has 0 bridgehead atoms. The Bertz CT molecular complexity index is 2000. The van der Waals surface area contributed by atoms with Gasteiger partial charge in [-0.1, -0.05) is 47.3 Å². The molecular formula is C44H60Co4N16O8. The van der Waals surface area contributed by atoms with Gasteiger partial charge in [-0.3, -0.25) is 19.6 Å². The van der Waals surface area contributed by atoms with Gasteiger partial charge in [-0.2, -0.15) is 0 Å². The van der Waals surface area contributed by atoms with Gasteiger partial charge in [0.1, 0.15) is 23.0 Å². The van der Waals surface area contributed by atoms with Crippen molar-refractivity contribution in [1.82, 2.24) is 19.6 Å². The maximum Gasteiger partial charge on any atom is 2.00 e. The van der Waals surface area contributed by atoms with Gasteiger partial charge in [0, 0.05) is 52.4 Å². The van der Waals surface area contributed by atoms with E-state index in [4.69, 9.17) is 63.2 Å². The minimum atomic E-state index is -0.0591. The van der Waals surface area contributed by atoms with Gasteiger partial charge in [0.15, 0.2) is 0 Å². The Morgan fingerprint density at radius 1 is 0.347 bits per heavy atom. The first-order valence-corrected chi connectivity index (χ1v) is 20.2. The minimum Gasteiger partial charge on any atom is -0.870 e. The smallest absolute Gasteiger partial charge is 0.870 e. The summed E-state index contributed by atoms with van der Waals surface area (Å²) in [6.45, 7) is 13.1. The molecule has 24 nitrogen and oxygen atoms in total. The van der Waals surface area contributed by atoms with Crippen LogP contribution in [0.25, 0.3) is 63.9 Å². The molecule has 400 valence electrons. The third-order valence-corrected chi connectivity index (χ3v) is 9.47. The molecule has 4 aromatic carbocycles. The van der Waals surface area contributed by atoms with E-state index in [-0.39, 0.29) is 90.1 Å². The molecule has 4 radical (unpaired) electrons. The molecule has 0 unspecified atom stereocenters. The van der Waals surface area contributed by atoms with Gasteiger partial charge in [-0.15, -0.1) is 0 Å². The van der Waals surface area contributed by atoms with Crippen molar-refractivity contribution in [3.8, 4) is 46.0 Å². The molecule has 72 heavy (non-hydrogen) atoms. The fourth-order valence-corrected chi connectivity index (χ4v) is 6.49. The van der Waals surface area contributed by atoms with Crippen LogP contribution in [-0.2, 0) is 93.3 Å². The topological polar surface area (TPSA) is 377 Å². The van der Waals surface area contributed by atoms with Gasteiger partial charge in [-0.05, 0) is 125 Å². The third kappa shape index (κ3) is 30.3. The molecule has 0 atom stereocenters. The molecule has 0 aromatic heterocycles. The van der Waals surface area contributed by atoms with Crippen molar-refractivity contribution >= 4 is 0 Å². The van der Waals surface area contributed by atoms with E-state index in [1.807, 2.05) is 80.2 Å². The number of methoxy groups -OCH3 is 4. The number of aryl methyl sites for hydroxylation is 4. The second-order valence-corrected chi connectivity index (χ2v) is 15.1. The molecule has 0 amide bonds. The largest absolute Gasteiger partial charge is 2.00 e. The number of hydrogen-bond donors (Lipinski definition) is 0. The molecule has 0 aliphatic rings. The monoisotopic (exact) mass is 1180 g/mol. The number of likely N-dealkylation sites (N-methyl/N-ethyl adjacent to an activating group) is 4. The number of rotatable bonds is 18. The first-order chi connectivity index (χ1) is 32.1. The zero-order valence-corrected chi connectivity index (χ0v) is 46.2. The molecule has 0 aliphatic carbocycles. The van der Waals surface area contributed by atoms with E-state index in [9.17, 15) is 20.4 Å². The van der Waals surface area contributed by atoms with Gasteiger partial charge < -0.3 is 103 Å². The van der Waals surface area contributed by atoms with Crippen molar-refractivity contribution in [2.75, 3.05) is 82.8 Å². The number of ether oxygens (including phenoxy) is 4. The maximum absolute atomic E-state index is 12.4. The predicted octanol–water partition coefficient (Wildman–Crippen LogP) is 7.52. The Balaban J connectivity index is -0.000000237. The van der Waals surface area contributed by atoms with Crippen molar-refractivity contribution in [3.63, 3.8) is 0 Å². The summed E-state index contributed by atoms with van der Waals surface area (Å²) in [5, 5.41) is 49.6. The van der Waals surface area contributed by atoms with Crippen molar-refractivity contribution in [3.05, 3.63) is 157 Å². The zero-order valence-electron chi connectivity index (χ0n) is 42.0. The summed E-state index contributed by atoms with van der Waals surface area (Å²) in [6, 6.07) is 14.7. The van der Waals surface area contributed by atoms with Gasteiger partial charge in [0.2, 0.25) is 0 Å². The first kappa shape index (κ1) is 77.8. The summed E-state index contributed by atoms with van der Waals surface area (Å²) >= 11 is 0. The standard InChI is InChI=1S/2C22H32N2O4.4Co.4N3/c2*1-15-9-17(21(25)19(11-15)27-5)13-23(3)7-8-24(4)14-18-10-16(2)12-20(28-6)22(18)26;;;;;4*1-3-2/h2*9-12,25-26H,7-8,13-14H2,1-6H3;;;;;;;;/q;;4*+2;4*-1/p-4. The van der Waals surface area contributed by atoms with Gasteiger partial charge in [0.25, 0.3) is 0 Å². The van der Waals surface area contributed by atoms with Crippen molar-refractivity contribution in [1.29, 1.82) is 0 Å². The third-order valence-electron chi connectivity index (χ3n) is 9.47. The van der Waals surface area contributed by atoms with Crippen LogP contribution in [0.3, 0.4) is 0 Å². The fourth-order valence-electron chi connectivity index (χ4n) is 6.49. The molecule has 28 heteroatoms. The van der Waals surface area contributed by atoms with Gasteiger partial charge in [0.05, 0.1) is 28.4 Å². The predicted molar refractivity (Wildman–Crippen MR) is 254 cm³/mol. The van der Waals surface area contributed by atoms with E-state index in [1.165, 1.54) is 48.1 Å². The van der Waals surface area contributed by atoms with E-state index in [2.05, 4.69) is 19.6 Å². The Hall–Kier alpha value is -5.61. The second kappa shape index (κ2) is 44.1. The average molecular weight is 1180 g/mol. The summed E-state index contributed by atoms with van der Waals surface area (Å²) in [5.74, 6) is 1.31. The SMILES string of the molecule is COc1cc(C)cc(CN(C)CCN(C)Cc2cc(C)cc(OC)c2[O-])c1[O-].COc1cc(C)cc(CN(C)CCN(C)Cc2cc(C)cc(OC)c2[O-])c1[O-].[Co+2].[Co+2].[Co+2].[Co+2].[N-]=[N+]=[N-].[N-]=[N+]=[N-].[N-]=[N+]=[N-].[N-]=[N+]=[N-]. The summed E-state index contributed by atoms with van der Waals surface area (Å²) in [6.07, 6.45) is 0. The average Bonchev–Trinajstić information content (AvgIpc) is 3.28. The molecule has 4 rings (SSSR count). The van der Waals surface area contributed by atoms with Gasteiger partial charge in [-0.25, -0.2) is 0 Å². The Kier molecular flexibility index (Phi) is 47.7. The summed E-state index contributed by atoms with van der Waals surface area (Å²) in [7, 11) is 14.0. The van der Waals surface area contributed by atoms with Crippen molar-refractivity contribution in [2.45, 2.75) is 53.9 Å². The molecule has 0 fully saturated rings. The summed E-state index contributed by atoms with van der Waals surface area (Å²) < 4.78 is 20.7. The number of benzene rings is 4. The number of hydrogen-bond acceptors (Lipinski definition) is 12. The normalized spacial score (nSPS) is 9.22. The van der Waals surface area contributed by atoms with Crippen LogP contribution in [0, 0.1) is 27.7 Å². The van der Waals surface area contributed by atoms with Crippen LogP contribution in [-0.4, -0.2) is 102 Å². The van der Waals surface area contributed by atoms with Crippen LogP contribution in [0.2, 0.25) is 0 Å². The fraction of sp³-hybridized carbons (Fsp3) is 0.455. The van der Waals surface area contributed by atoms with Gasteiger partial charge >= 0.3 is 67.1 Å². The Morgan fingerprint density at radius 3 is 0.611 bits per heavy atom. The second-order valence-electron chi connectivity index (χ2n) is 15.1. The van der Waals surface area contributed by atoms with E-state index in [0.717, 1.165) is 70.7 Å². The van der Waals surface area contributed by atoms with E-state index in [1.54, 1.807) is 24.3 Å². The van der Waals surface area contributed by atoms with Crippen LogP contribution in [0.5, 0.6) is 46.0 Å². The number of nitrogens with zero attached hydrogens (tertiary/aromatic N) is 16. The van der Waals surface area contributed by atoms with Crippen LogP contribution in [0.1, 0.15) is 44.5 Å².